The van der Waals surface area contributed by atoms with E-state index < -0.39 is 0 Å². The van der Waals surface area contributed by atoms with Gasteiger partial charge in [0.2, 0.25) is 0 Å². The van der Waals surface area contributed by atoms with E-state index in [2.05, 4.69) is 43.4 Å². The molecule has 2 heteroatoms. The van der Waals surface area contributed by atoms with Gasteiger partial charge in [-0.1, -0.05) is 56.3 Å². The molecule has 0 fully saturated rings. The molecule has 0 amide bonds. The Labute approximate surface area is 120 Å². The molecule has 20 heavy (non-hydrogen) atoms. The van der Waals surface area contributed by atoms with E-state index in [-0.39, 0.29) is 11.9 Å². The molecule has 2 atom stereocenters. The Morgan fingerprint density at radius 1 is 0.950 bits per heavy atom. The van der Waals surface area contributed by atoms with Crippen LogP contribution in [-0.4, -0.2) is 6.54 Å². The number of nitrogens with one attached hydrogen (secondary N) is 1. The fourth-order valence-electron chi connectivity index (χ4n) is 2.78. The van der Waals surface area contributed by atoms with Crippen LogP contribution in [0.25, 0.3) is 0 Å². The normalized spacial score (nSPS) is 13.9. The smallest absolute Gasteiger partial charge is 0.123 e. The molecule has 0 aliphatic carbocycles. The van der Waals surface area contributed by atoms with E-state index >= 15 is 0 Å². The molecule has 0 heterocycles. The predicted octanol–water partition coefficient (Wildman–Crippen LogP) is 4.67. The van der Waals surface area contributed by atoms with E-state index in [0.717, 1.165) is 18.5 Å². The minimum absolute atomic E-state index is 0.142. The van der Waals surface area contributed by atoms with E-state index in [0.29, 0.717) is 5.92 Å². The molecule has 0 spiro atoms. The molecule has 106 valence electrons. The SMILES string of the molecule is CCNC(c1cccc(F)c1)C(CC)c1ccccc1. The van der Waals surface area contributed by atoms with E-state index in [1.807, 2.05) is 12.1 Å². The lowest BCUT2D eigenvalue weighted by Crippen LogP contribution is -2.27. The second-order valence-electron chi connectivity index (χ2n) is 5.02. The summed E-state index contributed by atoms with van der Waals surface area (Å²) in [5.41, 5.74) is 2.31. The van der Waals surface area contributed by atoms with Crippen LogP contribution < -0.4 is 5.32 Å². The van der Waals surface area contributed by atoms with Crippen molar-refractivity contribution in [3.8, 4) is 0 Å². The second-order valence-corrected chi connectivity index (χ2v) is 5.02. The number of benzene rings is 2. The molecule has 2 aromatic rings. The first-order chi connectivity index (χ1) is 9.76. The number of hydrogen-bond acceptors (Lipinski definition) is 1. The maximum Gasteiger partial charge on any atom is 0.123 e. The fourth-order valence-corrected chi connectivity index (χ4v) is 2.78. The fraction of sp³-hybridized carbons (Fsp3) is 0.333. The van der Waals surface area contributed by atoms with Gasteiger partial charge in [0.25, 0.3) is 0 Å². The molecule has 2 aromatic carbocycles. The van der Waals surface area contributed by atoms with E-state index in [1.54, 1.807) is 12.1 Å². The summed E-state index contributed by atoms with van der Waals surface area (Å²) in [6.45, 7) is 5.13. The number of likely N-dealkylation sites (N-methyl/N-ethyl adjacent to an activating group) is 1. The number of halogens is 1. The summed E-state index contributed by atoms with van der Waals surface area (Å²) in [6.07, 6.45) is 1.01. The Balaban J connectivity index is 2.35. The topological polar surface area (TPSA) is 12.0 Å². The molecular formula is C18H22FN. The molecule has 0 saturated heterocycles. The summed E-state index contributed by atoms with van der Waals surface area (Å²) in [6, 6.07) is 17.5. The standard InChI is InChI=1S/C18H22FN/c1-3-17(14-9-6-5-7-10-14)18(20-4-2)15-11-8-12-16(19)13-15/h5-13,17-18,20H,3-4H2,1-2H3. The molecule has 2 rings (SSSR count). The highest BCUT2D eigenvalue weighted by atomic mass is 19.1. The Hall–Kier alpha value is -1.67. The van der Waals surface area contributed by atoms with Gasteiger partial charge in [0.05, 0.1) is 0 Å². The average molecular weight is 271 g/mol. The van der Waals surface area contributed by atoms with Crippen LogP contribution >= 0.6 is 0 Å². The van der Waals surface area contributed by atoms with E-state index in [1.165, 1.54) is 11.6 Å². The zero-order chi connectivity index (χ0) is 14.4. The third-order valence-corrected chi connectivity index (χ3v) is 3.70. The summed E-state index contributed by atoms with van der Waals surface area (Å²) in [7, 11) is 0. The highest BCUT2D eigenvalue weighted by molar-refractivity contribution is 5.28. The highest BCUT2D eigenvalue weighted by Gasteiger charge is 2.22. The summed E-state index contributed by atoms with van der Waals surface area (Å²) in [5.74, 6) is 0.172. The first-order valence-electron chi connectivity index (χ1n) is 7.30. The molecule has 0 saturated carbocycles. The van der Waals surface area contributed by atoms with Gasteiger partial charge in [-0.3, -0.25) is 0 Å². The molecule has 0 bridgehead atoms. The summed E-state index contributed by atoms with van der Waals surface area (Å²) in [5, 5.41) is 3.51. The maximum atomic E-state index is 13.5. The van der Waals surface area contributed by atoms with Crippen molar-refractivity contribution in [1.82, 2.24) is 5.32 Å². The summed E-state index contributed by atoms with van der Waals surface area (Å²) in [4.78, 5) is 0. The Bertz CT molecular complexity index is 524. The molecule has 1 nitrogen and oxygen atoms in total. The van der Waals surface area contributed by atoms with Crippen LogP contribution in [0.2, 0.25) is 0 Å². The minimum Gasteiger partial charge on any atom is -0.310 e. The van der Waals surface area contributed by atoms with Gasteiger partial charge < -0.3 is 5.32 Å². The third-order valence-electron chi connectivity index (χ3n) is 3.70. The van der Waals surface area contributed by atoms with Crippen molar-refractivity contribution in [1.29, 1.82) is 0 Å². The van der Waals surface area contributed by atoms with Crippen LogP contribution in [0.3, 0.4) is 0 Å². The van der Waals surface area contributed by atoms with Crippen molar-refractivity contribution in [3.63, 3.8) is 0 Å². The van der Waals surface area contributed by atoms with Crippen LogP contribution in [0.4, 0.5) is 4.39 Å². The van der Waals surface area contributed by atoms with Gasteiger partial charge in [-0.2, -0.15) is 0 Å². The van der Waals surface area contributed by atoms with E-state index in [9.17, 15) is 4.39 Å². The lowest BCUT2D eigenvalue weighted by atomic mass is 9.85. The third kappa shape index (κ3) is 3.45. The monoisotopic (exact) mass is 271 g/mol. The number of hydrogen-bond donors (Lipinski definition) is 1. The van der Waals surface area contributed by atoms with Crippen LogP contribution in [0.1, 0.15) is 43.4 Å². The lowest BCUT2D eigenvalue weighted by Gasteiger charge is -2.28. The van der Waals surface area contributed by atoms with Crippen molar-refractivity contribution in [3.05, 3.63) is 71.5 Å². The Morgan fingerprint density at radius 2 is 1.65 bits per heavy atom. The van der Waals surface area contributed by atoms with Crippen LogP contribution in [0.15, 0.2) is 54.6 Å². The summed E-state index contributed by atoms with van der Waals surface area (Å²) < 4.78 is 13.5. The van der Waals surface area contributed by atoms with Crippen molar-refractivity contribution >= 4 is 0 Å². The van der Waals surface area contributed by atoms with Gasteiger partial charge in [0.1, 0.15) is 5.82 Å². The minimum atomic E-state index is -0.173. The van der Waals surface area contributed by atoms with Crippen LogP contribution in [-0.2, 0) is 0 Å². The van der Waals surface area contributed by atoms with Crippen LogP contribution in [0.5, 0.6) is 0 Å². The van der Waals surface area contributed by atoms with Gasteiger partial charge in [-0.25, -0.2) is 4.39 Å². The van der Waals surface area contributed by atoms with Gasteiger partial charge >= 0.3 is 0 Å². The Kier molecular flexibility index (Phi) is 5.31. The first kappa shape index (κ1) is 14.7. The van der Waals surface area contributed by atoms with Crippen molar-refractivity contribution in [2.45, 2.75) is 32.2 Å². The molecule has 2 unspecified atom stereocenters. The number of rotatable bonds is 6. The molecule has 0 aromatic heterocycles. The van der Waals surface area contributed by atoms with Gasteiger partial charge in [-0.15, -0.1) is 0 Å². The van der Waals surface area contributed by atoms with E-state index in [4.69, 9.17) is 0 Å². The molecule has 0 aliphatic heterocycles. The molecule has 0 radical (unpaired) electrons. The largest absolute Gasteiger partial charge is 0.310 e. The predicted molar refractivity (Wildman–Crippen MR) is 82.3 cm³/mol. The first-order valence-corrected chi connectivity index (χ1v) is 7.30. The average Bonchev–Trinajstić information content (AvgIpc) is 2.48. The molecule has 1 N–H and O–H groups in total. The zero-order valence-corrected chi connectivity index (χ0v) is 12.1. The van der Waals surface area contributed by atoms with Crippen molar-refractivity contribution in [2.75, 3.05) is 6.54 Å². The lowest BCUT2D eigenvalue weighted by molar-refractivity contribution is 0.443. The summed E-state index contributed by atoms with van der Waals surface area (Å²) >= 11 is 0. The molecule has 0 aliphatic rings. The van der Waals surface area contributed by atoms with Crippen LogP contribution in [0, 0.1) is 5.82 Å². The van der Waals surface area contributed by atoms with Crippen molar-refractivity contribution in [2.24, 2.45) is 0 Å². The van der Waals surface area contributed by atoms with Crippen molar-refractivity contribution < 1.29 is 4.39 Å². The van der Waals surface area contributed by atoms with Gasteiger partial charge in [-0.05, 0) is 36.2 Å². The van der Waals surface area contributed by atoms with Gasteiger partial charge in [0.15, 0.2) is 0 Å². The highest BCUT2D eigenvalue weighted by Crippen LogP contribution is 2.33. The van der Waals surface area contributed by atoms with Gasteiger partial charge in [0, 0.05) is 12.0 Å². The second kappa shape index (κ2) is 7.20. The molecular weight excluding hydrogens is 249 g/mol. The Morgan fingerprint density at radius 3 is 2.25 bits per heavy atom. The quantitative estimate of drug-likeness (QED) is 0.805. The zero-order valence-electron chi connectivity index (χ0n) is 12.1. The maximum absolute atomic E-state index is 13.5.